The second kappa shape index (κ2) is 9.36. The Balaban J connectivity index is 1.47. The average molecular weight is 390 g/mol. The van der Waals surface area contributed by atoms with E-state index in [1.54, 1.807) is 66.9 Å². The number of alkyl carbamates (subject to hydrolysis) is 1. The summed E-state index contributed by atoms with van der Waals surface area (Å²) in [6.07, 6.45) is 1.26. The van der Waals surface area contributed by atoms with Gasteiger partial charge in [0.2, 0.25) is 0 Å². The molecule has 0 fully saturated rings. The zero-order valence-corrected chi connectivity index (χ0v) is 15.8. The Kier molecular flexibility index (Phi) is 6.42. The number of hydrogen-bond acceptors (Lipinski definition) is 6. The van der Waals surface area contributed by atoms with Crippen molar-refractivity contribution >= 4 is 23.4 Å². The SMILES string of the molecule is Nc1ccc(COC(=O)NCc2ccc(C(=O)Cc3cccnc3N)cc2)cc1. The summed E-state index contributed by atoms with van der Waals surface area (Å²) in [6, 6.07) is 17.7. The van der Waals surface area contributed by atoms with Gasteiger partial charge in [-0.25, -0.2) is 9.78 Å². The maximum absolute atomic E-state index is 12.4. The van der Waals surface area contributed by atoms with E-state index < -0.39 is 6.09 Å². The predicted octanol–water partition coefficient (Wildman–Crippen LogP) is 3.10. The van der Waals surface area contributed by atoms with E-state index >= 15 is 0 Å². The van der Waals surface area contributed by atoms with Gasteiger partial charge in [-0.05, 0) is 29.3 Å². The van der Waals surface area contributed by atoms with Gasteiger partial charge in [-0.1, -0.05) is 42.5 Å². The highest BCUT2D eigenvalue weighted by Gasteiger charge is 2.10. The van der Waals surface area contributed by atoms with Crippen LogP contribution < -0.4 is 16.8 Å². The highest BCUT2D eigenvalue weighted by molar-refractivity contribution is 5.98. The maximum atomic E-state index is 12.4. The molecule has 1 aromatic heterocycles. The fraction of sp³-hybridized carbons (Fsp3) is 0.136. The van der Waals surface area contributed by atoms with Crippen LogP contribution in [-0.2, 0) is 24.3 Å². The van der Waals surface area contributed by atoms with E-state index in [0.29, 0.717) is 29.2 Å². The number of aromatic nitrogens is 1. The molecule has 0 aliphatic rings. The average Bonchev–Trinajstić information content (AvgIpc) is 2.74. The third kappa shape index (κ3) is 5.80. The summed E-state index contributed by atoms with van der Waals surface area (Å²) in [6.45, 7) is 0.460. The Hall–Kier alpha value is -3.87. The first-order valence-corrected chi connectivity index (χ1v) is 9.08. The van der Waals surface area contributed by atoms with Gasteiger partial charge in [0.1, 0.15) is 12.4 Å². The molecular weight excluding hydrogens is 368 g/mol. The van der Waals surface area contributed by atoms with Crippen LogP contribution in [0.25, 0.3) is 0 Å². The van der Waals surface area contributed by atoms with Crippen LogP contribution in [0.15, 0.2) is 66.9 Å². The number of Topliss-reactive ketones (excluding diaryl/α,β-unsaturated/α-hetero) is 1. The molecule has 148 valence electrons. The topological polar surface area (TPSA) is 120 Å². The quantitative estimate of drug-likeness (QED) is 0.421. The number of anilines is 2. The summed E-state index contributed by atoms with van der Waals surface area (Å²) in [5.74, 6) is 0.311. The molecule has 7 nitrogen and oxygen atoms in total. The van der Waals surface area contributed by atoms with Crippen molar-refractivity contribution in [2.24, 2.45) is 0 Å². The molecule has 0 atom stereocenters. The van der Waals surface area contributed by atoms with Crippen molar-refractivity contribution in [2.45, 2.75) is 19.6 Å². The smallest absolute Gasteiger partial charge is 0.407 e. The van der Waals surface area contributed by atoms with Crippen LogP contribution in [-0.4, -0.2) is 16.9 Å². The highest BCUT2D eigenvalue weighted by Crippen LogP contribution is 2.13. The minimum Gasteiger partial charge on any atom is -0.445 e. The van der Waals surface area contributed by atoms with E-state index in [2.05, 4.69) is 10.3 Å². The molecule has 3 rings (SSSR count). The highest BCUT2D eigenvalue weighted by atomic mass is 16.5. The summed E-state index contributed by atoms with van der Waals surface area (Å²) < 4.78 is 5.17. The third-order valence-electron chi connectivity index (χ3n) is 4.34. The molecule has 0 spiro atoms. The number of hydrogen-bond donors (Lipinski definition) is 3. The predicted molar refractivity (Wildman–Crippen MR) is 111 cm³/mol. The van der Waals surface area contributed by atoms with Crippen LogP contribution in [0, 0.1) is 0 Å². The normalized spacial score (nSPS) is 10.3. The van der Waals surface area contributed by atoms with Gasteiger partial charge in [0.05, 0.1) is 0 Å². The molecule has 0 aliphatic carbocycles. The van der Waals surface area contributed by atoms with Gasteiger partial charge in [0, 0.05) is 36.0 Å². The number of nitrogen functional groups attached to an aromatic ring is 2. The molecule has 7 heteroatoms. The van der Waals surface area contributed by atoms with Crippen LogP contribution in [0.4, 0.5) is 16.3 Å². The monoisotopic (exact) mass is 390 g/mol. The Morgan fingerprint density at radius 1 is 0.931 bits per heavy atom. The lowest BCUT2D eigenvalue weighted by atomic mass is 10.0. The summed E-state index contributed by atoms with van der Waals surface area (Å²) >= 11 is 0. The minimum atomic E-state index is -0.519. The third-order valence-corrected chi connectivity index (χ3v) is 4.34. The van der Waals surface area contributed by atoms with E-state index in [-0.39, 0.29) is 18.8 Å². The number of nitrogens with zero attached hydrogens (tertiary/aromatic N) is 1. The largest absolute Gasteiger partial charge is 0.445 e. The molecule has 0 saturated carbocycles. The number of carbonyl (C=O) groups is 2. The summed E-state index contributed by atoms with van der Waals surface area (Å²) in [7, 11) is 0. The lowest BCUT2D eigenvalue weighted by molar-refractivity contribution is 0.0993. The van der Waals surface area contributed by atoms with E-state index in [1.807, 2.05) is 0 Å². The second-order valence-corrected chi connectivity index (χ2v) is 6.52. The zero-order valence-electron chi connectivity index (χ0n) is 15.8. The van der Waals surface area contributed by atoms with Gasteiger partial charge in [-0.15, -0.1) is 0 Å². The first kappa shape index (κ1) is 19.9. The number of rotatable bonds is 7. The second-order valence-electron chi connectivity index (χ2n) is 6.52. The van der Waals surface area contributed by atoms with Crippen LogP contribution in [0.1, 0.15) is 27.0 Å². The lowest BCUT2D eigenvalue weighted by Crippen LogP contribution is -2.23. The fourth-order valence-corrected chi connectivity index (χ4v) is 2.67. The summed E-state index contributed by atoms with van der Waals surface area (Å²) in [4.78, 5) is 28.2. The molecular formula is C22H22N4O3. The number of benzene rings is 2. The van der Waals surface area contributed by atoms with Crippen LogP contribution in [0.2, 0.25) is 0 Å². The lowest BCUT2D eigenvalue weighted by Gasteiger charge is -2.08. The van der Waals surface area contributed by atoms with Gasteiger partial charge in [-0.2, -0.15) is 0 Å². The van der Waals surface area contributed by atoms with Crippen molar-refractivity contribution in [1.82, 2.24) is 10.3 Å². The molecule has 0 radical (unpaired) electrons. The molecule has 1 amide bonds. The Morgan fingerprint density at radius 2 is 1.62 bits per heavy atom. The minimum absolute atomic E-state index is 0.0490. The van der Waals surface area contributed by atoms with Crippen molar-refractivity contribution in [2.75, 3.05) is 11.5 Å². The molecule has 3 aromatic rings. The summed E-state index contributed by atoms with van der Waals surface area (Å²) in [5.41, 5.74) is 15.0. The Labute approximate surface area is 168 Å². The van der Waals surface area contributed by atoms with E-state index in [9.17, 15) is 9.59 Å². The zero-order chi connectivity index (χ0) is 20.6. The van der Waals surface area contributed by atoms with Crippen molar-refractivity contribution in [1.29, 1.82) is 0 Å². The Bertz CT molecular complexity index is 986. The van der Waals surface area contributed by atoms with Crippen LogP contribution in [0.5, 0.6) is 0 Å². The number of nitrogens with one attached hydrogen (secondary N) is 1. The van der Waals surface area contributed by atoms with E-state index in [4.69, 9.17) is 16.2 Å². The fourth-order valence-electron chi connectivity index (χ4n) is 2.67. The van der Waals surface area contributed by atoms with Crippen molar-refractivity contribution < 1.29 is 14.3 Å². The number of ketones is 1. The number of amides is 1. The van der Waals surface area contributed by atoms with Gasteiger partial charge >= 0.3 is 6.09 Å². The van der Waals surface area contributed by atoms with Gasteiger partial charge in [-0.3, -0.25) is 4.79 Å². The number of pyridine rings is 1. The number of carbonyl (C=O) groups excluding carboxylic acids is 2. The Morgan fingerprint density at radius 3 is 2.31 bits per heavy atom. The molecule has 0 saturated heterocycles. The molecule has 0 bridgehead atoms. The van der Waals surface area contributed by atoms with Gasteiger partial charge in [0.25, 0.3) is 0 Å². The van der Waals surface area contributed by atoms with Crippen LogP contribution >= 0.6 is 0 Å². The maximum Gasteiger partial charge on any atom is 0.407 e. The number of ether oxygens (including phenoxy) is 1. The standard InChI is InChI=1S/C22H22N4O3/c23-19-9-5-16(6-10-19)14-29-22(28)26-13-15-3-7-17(8-4-15)20(27)12-18-2-1-11-25-21(18)24/h1-11H,12-14,23H2,(H2,24,25)(H,26,28). The van der Waals surface area contributed by atoms with E-state index in [1.165, 1.54) is 0 Å². The van der Waals surface area contributed by atoms with Crippen LogP contribution in [0.3, 0.4) is 0 Å². The van der Waals surface area contributed by atoms with Gasteiger partial charge < -0.3 is 21.5 Å². The molecule has 2 aromatic carbocycles. The molecule has 0 unspecified atom stereocenters. The molecule has 5 N–H and O–H groups in total. The van der Waals surface area contributed by atoms with Crippen molar-refractivity contribution in [3.05, 3.63) is 89.1 Å². The summed E-state index contributed by atoms with van der Waals surface area (Å²) in [5, 5.41) is 2.68. The van der Waals surface area contributed by atoms with Crippen molar-refractivity contribution in [3.8, 4) is 0 Å². The van der Waals surface area contributed by atoms with Gasteiger partial charge in [0.15, 0.2) is 5.78 Å². The molecule has 29 heavy (non-hydrogen) atoms. The first-order valence-electron chi connectivity index (χ1n) is 9.08. The van der Waals surface area contributed by atoms with E-state index in [0.717, 1.165) is 11.1 Å². The number of nitrogens with two attached hydrogens (primary N) is 2. The van der Waals surface area contributed by atoms with Crippen molar-refractivity contribution in [3.63, 3.8) is 0 Å². The molecule has 0 aliphatic heterocycles. The first-order chi connectivity index (χ1) is 14.0. The molecule has 1 heterocycles.